The van der Waals surface area contributed by atoms with Crippen LogP contribution in [0.15, 0.2) is 91.0 Å². The van der Waals surface area contributed by atoms with Crippen molar-refractivity contribution >= 4 is 27.1 Å². The zero-order valence-corrected chi connectivity index (χ0v) is 24.0. The molecule has 1 aliphatic rings. The number of alkyl halides is 3. The lowest BCUT2D eigenvalue weighted by molar-refractivity contribution is -0.128. The molecule has 2 aromatic carbocycles. The molecule has 1 N–H and O–H groups in total. The Labute approximate surface area is 231 Å². The second kappa shape index (κ2) is 16.7. The molecule has 3 rings (SSSR count). The van der Waals surface area contributed by atoms with Crippen LogP contribution in [-0.4, -0.2) is 78.0 Å². The molecule has 0 spiro atoms. The van der Waals surface area contributed by atoms with Crippen LogP contribution in [0.5, 0.6) is 0 Å². The Balaban J connectivity index is 0.000000521. The fourth-order valence-electron chi connectivity index (χ4n) is 3.41. The lowest BCUT2D eigenvalue weighted by Crippen LogP contribution is -2.47. The Kier molecular flexibility index (Phi) is 14.5. The van der Waals surface area contributed by atoms with Gasteiger partial charge >= 0.3 is 6.18 Å². The number of rotatable bonds is 7. The van der Waals surface area contributed by atoms with Gasteiger partial charge in [-0.05, 0) is 38.0 Å². The number of carbonyl (C=O) groups is 1. The van der Waals surface area contributed by atoms with Crippen molar-refractivity contribution in [2.24, 2.45) is 0 Å². The van der Waals surface area contributed by atoms with E-state index in [-0.39, 0.29) is 18.6 Å². The molecule has 0 aliphatic carbocycles. The van der Waals surface area contributed by atoms with Crippen LogP contribution in [0, 0.1) is 6.92 Å². The van der Waals surface area contributed by atoms with Crippen LogP contribution < -0.4 is 4.72 Å². The highest BCUT2D eigenvalue weighted by Crippen LogP contribution is 2.26. The van der Waals surface area contributed by atoms with Crippen molar-refractivity contribution < 1.29 is 22.2 Å². The third-order valence-electron chi connectivity index (χ3n) is 5.55. The quantitative estimate of drug-likeness (QED) is 0.280. The maximum atomic E-state index is 13.3. The predicted molar refractivity (Wildman–Crippen MR) is 159 cm³/mol. The molecule has 1 heterocycles. The number of carbonyl (C=O) groups excluding carboxylic acids is 1. The molecule has 2 aromatic rings. The van der Waals surface area contributed by atoms with Gasteiger partial charge in [-0.15, -0.1) is 0 Å². The lowest BCUT2D eigenvalue weighted by atomic mass is 9.96. The van der Waals surface area contributed by atoms with E-state index >= 15 is 0 Å². The number of hydrogen-bond donors (Lipinski definition) is 1. The van der Waals surface area contributed by atoms with Crippen molar-refractivity contribution in [2.75, 3.05) is 46.0 Å². The molecule has 0 aromatic heterocycles. The molecular weight excluding hydrogens is 523 g/mol. The first-order valence-corrected chi connectivity index (χ1v) is 14.3. The van der Waals surface area contributed by atoms with E-state index in [4.69, 9.17) is 0 Å². The van der Waals surface area contributed by atoms with Crippen LogP contribution >= 0.6 is 0 Å². The number of allylic oxidation sites excluding steroid dienone is 2. The van der Waals surface area contributed by atoms with Gasteiger partial charge in [0.05, 0.1) is 0 Å². The molecule has 1 aliphatic heterocycles. The first-order chi connectivity index (χ1) is 18.3. The molecule has 5 nitrogen and oxygen atoms in total. The Bertz CT molecular complexity index is 1180. The number of nitrogens with zero attached hydrogens (tertiary/aromatic N) is 2. The van der Waals surface area contributed by atoms with Crippen molar-refractivity contribution in [3.8, 4) is 0 Å². The number of halogens is 3. The molecular formula is C30H40F3N3O2S. The van der Waals surface area contributed by atoms with E-state index in [0.717, 1.165) is 24.2 Å². The molecule has 214 valence electrons. The van der Waals surface area contributed by atoms with Gasteiger partial charge in [-0.2, -0.15) is 13.2 Å². The maximum Gasteiger partial charge on any atom is 0.386 e. The highest BCUT2D eigenvalue weighted by molar-refractivity contribution is 7.98. The van der Waals surface area contributed by atoms with Crippen LogP contribution in [0.1, 0.15) is 18.1 Å². The van der Waals surface area contributed by atoms with Crippen molar-refractivity contribution in [3.05, 3.63) is 102 Å². The van der Waals surface area contributed by atoms with Crippen molar-refractivity contribution in [1.82, 2.24) is 14.5 Å². The Morgan fingerprint density at radius 1 is 1.03 bits per heavy atom. The molecule has 1 amide bonds. The first-order valence-electron chi connectivity index (χ1n) is 12.5. The van der Waals surface area contributed by atoms with Gasteiger partial charge < -0.3 is 9.80 Å². The third kappa shape index (κ3) is 14.6. The van der Waals surface area contributed by atoms with E-state index in [1.807, 2.05) is 59.5 Å². The second-order valence-corrected chi connectivity index (χ2v) is 11.4. The van der Waals surface area contributed by atoms with Gasteiger partial charge in [0.25, 0.3) is 5.91 Å². The minimum absolute atomic E-state index is 0.0497. The van der Waals surface area contributed by atoms with E-state index in [0.29, 0.717) is 18.7 Å². The maximum absolute atomic E-state index is 13.3. The molecule has 0 saturated carbocycles. The number of hydrogen-bond acceptors (Lipinski definition) is 3. The zero-order chi connectivity index (χ0) is 29.5. The van der Waals surface area contributed by atoms with Crippen molar-refractivity contribution in [3.63, 3.8) is 0 Å². The molecule has 1 unspecified atom stereocenters. The van der Waals surface area contributed by atoms with Crippen LogP contribution in [0.25, 0.3) is 5.57 Å². The number of nitrogens with one attached hydrogen (secondary N) is 1. The third-order valence-corrected chi connectivity index (χ3v) is 7.00. The minimum Gasteiger partial charge on any atom is -0.336 e. The number of benzene rings is 2. The fourth-order valence-corrected chi connectivity index (χ4v) is 4.01. The van der Waals surface area contributed by atoms with E-state index < -0.39 is 15.9 Å². The summed E-state index contributed by atoms with van der Waals surface area (Å²) in [6.07, 6.45) is 1.25. The Hall–Kier alpha value is -3.14. The summed E-state index contributed by atoms with van der Waals surface area (Å²) in [7, 11) is 1.19. The number of amides is 1. The topological polar surface area (TPSA) is 52.7 Å². The summed E-state index contributed by atoms with van der Waals surface area (Å²) < 4.78 is 46.2. The average Bonchev–Trinajstić information content (AvgIpc) is 2.89. The standard InChI is InChI=1S/C21H29N3O2S.C7H8.C2H3F3/c1-5-9-19(18-10-7-6-8-11-18)20(12-17-27(4,26)22-2)21(25)24-15-13-23(3)14-16-24;1-7-5-3-2-4-6-7;1-2(3,4)5/h5-12H,1,4,13-17H2,2-3H3,(H,22,26);2-6H,1H3;1H3/b19-9-,20-12+;;. The summed E-state index contributed by atoms with van der Waals surface area (Å²) in [4.78, 5) is 17.4. The Morgan fingerprint density at radius 2 is 1.51 bits per heavy atom. The van der Waals surface area contributed by atoms with Gasteiger partial charge in [-0.1, -0.05) is 91.0 Å². The highest BCUT2D eigenvalue weighted by atomic mass is 32.2. The molecule has 39 heavy (non-hydrogen) atoms. The summed E-state index contributed by atoms with van der Waals surface area (Å²) >= 11 is 0. The van der Waals surface area contributed by atoms with Gasteiger partial charge in [0, 0.05) is 54.1 Å². The van der Waals surface area contributed by atoms with Crippen molar-refractivity contribution in [2.45, 2.75) is 20.0 Å². The van der Waals surface area contributed by atoms with Crippen LogP contribution in [0.3, 0.4) is 0 Å². The summed E-state index contributed by atoms with van der Waals surface area (Å²) in [5.74, 6) is 3.85. The van der Waals surface area contributed by atoms with Gasteiger partial charge in [-0.25, -0.2) is 4.72 Å². The molecule has 1 atom stereocenters. The molecule has 0 radical (unpaired) electrons. The first kappa shape index (κ1) is 33.9. The van der Waals surface area contributed by atoms with E-state index in [1.54, 1.807) is 19.2 Å². The van der Waals surface area contributed by atoms with Crippen LogP contribution in [0.2, 0.25) is 0 Å². The van der Waals surface area contributed by atoms with Gasteiger partial charge in [0.1, 0.15) is 0 Å². The monoisotopic (exact) mass is 563 g/mol. The van der Waals surface area contributed by atoms with Crippen molar-refractivity contribution in [1.29, 1.82) is 0 Å². The molecule has 0 bridgehead atoms. The number of piperazine rings is 1. The van der Waals surface area contributed by atoms with E-state index in [9.17, 15) is 22.2 Å². The lowest BCUT2D eigenvalue weighted by Gasteiger charge is -2.33. The average molecular weight is 564 g/mol. The Morgan fingerprint density at radius 3 is 1.92 bits per heavy atom. The second-order valence-electron chi connectivity index (χ2n) is 9.01. The number of likely N-dealkylation sites (N-methyl/N-ethyl adjacent to an activating group) is 1. The van der Waals surface area contributed by atoms with Gasteiger partial charge in [0.2, 0.25) is 0 Å². The highest BCUT2D eigenvalue weighted by Gasteiger charge is 2.25. The summed E-state index contributed by atoms with van der Waals surface area (Å²) in [5, 5.41) is 0. The normalized spacial score (nSPS) is 16.1. The SMILES string of the molecule is C=C/C=C(\C(=C/CS(=C)(=O)NC)C(=O)N1CCN(C)CC1)c1ccccc1.CC(F)(F)F.Cc1ccccc1. The van der Waals surface area contributed by atoms with E-state index in [1.165, 1.54) is 5.56 Å². The fraction of sp³-hybridized carbons (Fsp3) is 0.333. The molecule has 1 fully saturated rings. The molecule has 9 heteroatoms. The smallest absolute Gasteiger partial charge is 0.336 e. The number of aryl methyl sites for hydroxylation is 1. The predicted octanol–water partition coefficient (Wildman–Crippen LogP) is 5.37. The largest absolute Gasteiger partial charge is 0.386 e. The minimum atomic E-state index is -4.00. The van der Waals surface area contributed by atoms with Gasteiger partial charge in [0.15, 0.2) is 0 Å². The summed E-state index contributed by atoms with van der Waals surface area (Å²) in [5.41, 5.74) is 3.56. The molecule has 1 saturated heterocycles. The summed E-state index contributed by atoms with van der Waals surface area (Å²) in [6.45, 7) is 9.10. The van der Waals surface area contributed by atoms with Gasteiger partial charge in [-0.3, -0.25) is 9.00 Å². The van der Waals surface area contributed by atoms with E-state index in [2.05, 4.69) is 48.2 Å². The van der Waals surface area contributed by atoms with Crippen LogP contribution in [-0.2, 0) is 14.5 Å². The summed E-state index contributed by atoms with van der Waals surface area (Å²) in [6, 6.07) is 20.0. The van der Waals surface area contributed by atoms with Crippen LogP contribution in [0.4, 0.5) is 13.2 Å². The zero-order valence-electron chi connectivity index (χ0n) is 23.2.